The highest BCUT2D eigenvalue weighted by molar-refractivity contribution is 7.92. The van der Waals surface area contributed by atoms with Crippen LogP contribution in [0.2, 0.25) is 5.02 Å². The molecule has 1 saturated heterocycles. The quantitative estimate of drug-likeness (QED) is 0.760. The Morgan fingerprint density at radius 3 is 2.25 bits per heavy atom. The van der Waals surface area contributed by atoms with E-state index in [1.54, 1.807) is 24.3 Å². The molecule has 24 heavy (non-hydrogen) atoms. The highest BCUT2D eigenvalue weighted by atomic mass is 35.5. The van der Waals surface area contributed by atoms with Crippen LogP contribution >= 0.6 is 11.6 Å². The van der Waals surface area contributed by atoms with Crippen LogP contribution in [0.4, 0.5) is 5.69 Å². The number of likely N-dealkylation sites (N-methyl/N-ethyl adjacent to an activating group) is 1. The number of hydrogen-bond acceptors (Lipinski definition) is 4. The number of rotatable bonds is 6. The van der Waals surface area contributed by atoms with E-state index in [2.05, 4.69) is 11.8 Å². The lowest BCUT2D eigenvalue weighted by Crippen LogP contribution is -2.49. The lowest BCUT2D eigenvalue weighted by Gasteiger charge is -2.34. The van der Waals surface area contributed by atoms with E-state index in [4.69, 9.17) is 11.6 Å². The van der Waals surface area contributed by atoms with Crippen molar-refractivity contribution in [1.29, 1.82) is 0 Å². The molecular formula is C16H24ClN3O3S. The van der Waals surface area contributed by atoms with Crippen molar-refractivity contribution in [2.24, 2.45) is 0 Å². The largest absolute Gasteiger partial charge is 0.340 e. The second kappa shape index (κ2) is 8.18. The Kier molecular flexibility index (Phi) is 6.48. The Hall–Kier alpha value is -1.31. The number of halogens is 1. The molecule has 1 aromatic carbocycles. The van der Waals surface area contributed by atoms with Crippen molar-refractivity contribution in [3.8, 4) is 0 Å². The summed E-state index contributed by atoms with van der Waals surface area (Å²) in [5, 5.41) is 0.539. The normalized spacial score (nSPS) is 16.2. The van der Waals surface area contributed by atoms with Gasteiger partial charge in [-0.3, -0.25) is 9.10 Å². The third-order valence-corrected chi connectivity index (χ3v) is 5.66. The summed E-state index contributed by atoms with van der Waals surface area (Å²) < 4.78 is 25.4. The standard InChI is InChI=1S/C16H24ClN3O3S/c1-3-18-10-12-19(13-11-18)16(21)8-9-20(24(2,22)23)15-6-4-14(17)5-7-15/h4-7H,3,8-13H2,1-2H3. The van der Waals surface area contributed by atoms with Crippen molar-refractivity contribution < 1.29 is 13.2 Å². The molecule has 0 aliphatic carbocycles. The van der Waals surface area contributed by atoms with E-state index in [0.29, 0.717) is 23.8 Å². The molecule has 0 bridgehead atoms. The van der Waals surface area contributed by atoms with Crippen LogP contribution in [-0.4, -0.2) is 69.6 Å². The molecule has 0 spiro atoms. The second-order valence-electron chi connectivity index (χ2n) is 5.88. The fraction of sp³-hybridized carbons (Fsp3) is 0.562. The summed E-state index contributed by atoms with van der Waals surface area (Å²) >= 11 is 5.85. The topological polar surface area (TPSA) is 60.9 Å². The Labute approximate surface area is 149 Å². The lowest BCUT2D eigenvalue weighted by atomic mass is 10.2. The van der Waals surface area contributed by atoms with Crippen molar-refractivity contribution in [2.45, 2.75) is 13.3 Å². The zero-order chi connectivity index (χ0) is 17.7. The molecule has 1 heterocycles. The van der Waals surface area contributed by atoms with Crippen LogP contribution in [0.25, 0.3) is 0 Å². The molecule has 6 nitrogen and oxygen atoms in total. The van der Waals surface area contributed by atoms with Gasteiger partial charge in [-0.1, -0.05) is 18.5 Å². The van der Waals surface area contributed by atoms with Gasteiger partial charge in [0.25, 0.3) is 0 Å². The van der Waals surface area contributed by atoms with Gasteiger partial charge in [-0.2, -0.15) is 0 Å². The van der Waals surface area contributed by atoms with E-state index in [-0.39, 0.29) is 18.9 Å². The molecule has 0 N–H and O–H groups in total. The molecule has 134 valence electrons. The SMILES string of the molecule is CCN1CCN(C(=O)CCN(c2ccc(Cl)cc2)S(C)(=O)=O)CC1. The molecule has 2 rings (SSSR count). The Morgan fingerprint density at radius 2 is 1.75 bits per heavy atom. The number of nitrogens with zero attached hydrogens (tertiary/aromatic N) is 3. The van der Waals surface area contributed by atoms with Gasteiger partial charge in [-0.05, 0) is 30.8 Å². The molecule has 0 atom stereocenters. The van der Waals surface area contributed by atoms with Gasteiger partial charge in [0.15, 0.2) is 0 Å². The number of carbonyl (C=O) groups excluding carboxylic acids is 1. The molecule has 0 aromatic heterocycles. The van der Waals surface area contributed by atoms with Crippen LogP contribution in [0.5, 0.6) is 0 Å². The van der Waals surface area contributed by atoms with Crippen LogP contribution in [0.3, 0.4) is 0 Å². The first-order chi connectivity index (χ1) is 11.3. The number of anilines is 1. The van der Waals surface area contributed by atoms with Crippen molar-refractivity contribution >= 4 is 33.2 Å². The van der Waals surface area contributed by atoms with Gasteiger partial charge in [-0.15, -0.1) is 0 Å². The molecule has 0 radical (unpaired) electrons. The van der Waals surface area contributed by atoms with Crippen molar-refractivity contribution in [3.05, 3.63) is 29.3 Å². The van der Waals surface area contributed by atoms with Crippen LogP contribution in [0.15, 0.2) is 24.3 Å². The summed E-state index contributed by atoms with van der Waals surface area (Å²) in [7, 11) is -3.46. The third-order valence-electron chi connectivity index (χ3n) is 4.22. The van der Waals surface area contributed by atoms with Crippen molar-refractivity contribution in [2.75, 3.05) is 49.8 Å². The fourth-order valence-electron chi connectivity index (χ4n) is 2.76. The van der Waals surface area contributed by atoms with Gasteiger partial charge in [0, 0.05) is 44.2 Å². The average Bonchev–Trinajstić information content (AvgIpc) is 2.55. The van der Waals surface area contributed by atoms with E-state index in [1.807, 2.05) is 4.90 Å². The maximum atomic E-state index is 12.4. The summed E-state index contributed by atoms with van der Waals surface area (Å²) in [6.07, 6.45) is 1.31. The fourth-order valence-corrected chi connectivity index (χ4v) is 3.82. The number of piperazine rings is 1. The van der Waals surface area contributed by atoms with E-state index in [9.17, 15) is 13.2 Å². The van der Waals surface area contributed by atoms with Gasteiger partial charge in [-0.25, -0.2) is 8.42 Å². The number of sulfonamides is 1. The molecule has 1 aliphatic rings. The summed E-state index contributed by atoms with van der Waals surface area (Å²) in [6.45, 7) is 6.37. The Bertz CT molecular complexity index is 656. The van der Waals surface area contributed by atoms with Crippen LogP contribution in [0.1, 0.15) is 13.3 Å². The highest BCUT2D eigenvalue weighted by Crippen LogP contribution is 2.21. The maximum Gasteiger partial charge on any atom is 0.232 e. The maximum absolute atomic E-state index is 12.4. The molecule has 0 unspecified atom stereocenters. The molecule has 0 saturated carbocycles. The predicted molar refractivity (Wildman–Crippen MR) is 97.0 cm³/mol. The van der Waals surface area contributed by atoms with Crippen LogP contribution < -0.4 is 4.31 Å². The number of carbonyl (C=O) groups is 1. The van der Waals surface area contributed by atoms with Crippen LogP contribution in [-0.2, 0) is 14.8 Å². The molecule has 1 fully saturated rings. The Balaban J connectivity index is 1.98. The first-order valence-corrected chi connectivity index (χ1v) is 10.3. The molecule has 1 aromatic rings. The molecule has 1 aliphatic heterocycles. The van der Waals surface area contributed by atoms with E-state index in [1.165, 1.54) is 4.31 Å². The van der Waals surface area contributed by atoms with Gasteiger partial charge >= 0.3 is 0 Å². The molecular weight excluding hydrogens is 350 g/mol. The first kappa shape index (κ1) is 19.0. The summed E-state index contributed by atoms with van der Waals surface area (Å²) in [5.74, 6) is -0.00614. The monoisotopic (exact) mass is 373 g/mol. The summed E-state index contributed by atoms with van der Waals surface area (Å²) in [6, 6.07) is 6.57. The summed E-state index contributed by atoms with van der Waals surface area (Å²) in [4.78, 5) is 16.5. The first-order valence-electron chi connectivity index (χ1n) is 8.04. The minimum absolute atomic E-state index is 0.00614. The average molecular weight is 374 g/mol. The molecule has 8 heteroatoms. The van der Waals surface area contributed by atoms with Crippen molar-refractivity contribution in [1.82, 2.24) is 9.80 Å². The van der Waals surface area contributed by atoms with Gasteiger partial charge in [0.1, 0.15) is 0 Å². The number of benzene rings is 1. The zero-order valence-corrected chi connectivity index (χ0v) is 15.7. The smallest absolute Gasteiger partial charge is 0.232 e. The minimum Gasteiger partial charge on any atom is -0.340 e. The van der Waals surface area contributed by atoms with Gasteiger partial charge in [0.05, 0.1) is 11.9 Å². The molecule has 1 amide bonds. The zero-order valence-electron chi connectivity index (χ0n) is 14.1. The predicted octanol–water partition coefficient (Wildman–Crippen LogP) is 1.66. The summed E-state index contributed by atoms with van der Waals surface area (Å²) in [5.41, 5.74) is 0.519. The van der Waals surface area contributed by atoms with E-state index >= 15 is 0 Å². The van der Waals surface area contributed by atoms with Gasteiger partial charge < -0.3 is 9.80 Å². The van der Waals surface area contributed by atoms with E-state index < -0.39 is 10.0 Å². The lowest BCUT2D eigenvalue weighted by molar-refractivity contribution is -0.132. The van der Waals surface area contributed by atoms with Crippen molar-refractivity contribution in [3.63, 3.8) is 0 Å². The number of amides is 1. The Morgan fingerprint density at radius 1 is 1.17 bits per heavy atom. The van der Waals surface area contributed by atoms with E-state index in [0.717, 1.165) is 25.9 Å². The highest BCUT2D eigenvalue weighted by Gasteiger charge is 2.23. The van der Waals surface area contributed by atoms with Gasteiger partial charge in [0.2, 0.25) is 15.9 Å². The van der Waals surface area contributed by atoms with Crippen LogP contribution in [0, 0.1) is 0 Å². The second-order valence-corrected chi connectivity index (χ2v) is 8.22. The third kappa shape index (κ3) is 5.09. The number of hydrogen-bond donors (Lipinski definition) is 0. The minimum atomic E-state index is -3.46.